The van der Waals surface area contributed by atoms with Gasteiger partial charge in [-0.1, -0.05) is 24.3 Å². The van der Waals surface area contributed by atoms with E-state index in [2.05, 4.69) is 5.32 Å². The third-order valence-electron chi connectivity index (χ3n) is 2.85. The maximum atomic E-state index is 11.1. The molecule has 1 amide bonds. The van der Waals surface area contributed by atoms with Crippen LogP contribution in [-0.4, -0.2) is 17.9 Å². The Morgan fingerprint density at radius 1 is 1.29 bits per heavy atom. The maximum Gasteiger partial charge on any atom is 0.303 e. The number of amides is 1. The largest absolute Gasteiger partial charge is 0.455 e. The lowest BCUT2D eigenvalue weighted by molar-refractivity contribution is -0.148. The fraction of sp³-hybridized carbons (Fsp3) is 0.385. The molecule has 2 atom stereocenters. The van der Waals surface area contributed by atoms with E-state index in [1.54, 1.807) is 0 Å². The Balaban J connectivity index is 2.26. The molecule has 0 saturated carbocycles. The first-order chi connectivity index (χ1) is 8.08. The van der Waals surface area contributed by atoms with Crippen LogP contribution in [0.5, 0.6) is 0 Å². The first-order valence-corrected chi connectivity index (χ1v) is 5.60. The summed E-state index contributed by atoms with van der Waals surface area (Å²) in [7, 11) is 0. The molecule has 17 heavy (non-hydrogen) atoms. The minimum atomic E-state index is -0.368. The predicted molar refractivity (Wildman–Crippen MR) is 62.3 cm³/mol. The van der Waals surface area contributed by atoms with Crippen molar-refractivity contribution in [1.29, 1.82) is 0 Å². The van der Waals surface area contributed by atoms with Crippen molar-refractivity contribution in [2.24, 2.45) is 0 Å². The molecule has 1 aromatic rings. The van der Waals surface area contributed by atoms with Gasteiger partial charge in [0.25, 0.3) is 0 Å². The molecule has 2 rings (SSSR count). The van der Waals surface area contributed by atoms with Crippen LogP contribution in [0.15, 0.2) is 24.3 Å². The normalized spacial score (nSPS) is 21.8. The van der Waals surface area contributed by atoms with Gasteiger partial charge in [0.15, 0.2) is 0 Å². The number of esters is 1. The van der Waals surface area contributed by atoms with Gasteiger partial charge in [0.2, 0.25) is 5.91 Å². The lowest BCUT2D eigenvalue weighted by Crippen LogP contribution is -2.37. The third kappa shape index (κ3) is 2.46. The van der Waals surface area contributed by atoms with Crippen LogP contribution in [0.4, 0.5) is 0 Å². The molecule has 0 bridgehead atoms. The van der Waals surface area contributed by atoms with E-state index in [-0.39, 0.29) is 24.0 Å². The Kier molecular flexibility index (Phi) is 3.13. The fourth-order valence-corrected chi connectivity index (χ4v) is 2.27. The summed E-state index contributed by atoms with van der Waals surface area (Å²) in [5.74, 6) is -0.443. The summed E-state index contributed by atoms with van der Waals surface area (Å²) >= 11 is 0. The molecule has 1 aromatic carbocycles. The summed E-state index contributed by atoms with van der Waals surface area (Å²) < 4.78 is 5.30. The average molecular weight is 233 g/mol. The number of benzene rings is 1. The van der Waals surface area contributed by atoms with E-state index >= 15 is 0 Å². The number of fused-ring (bicyclic) bond motifs is 1. The zero-order chi connectivity index (χ0) is 12.4. The summed E-state index contributed by atoms with van der Waals surface area (Å²) in [5, 5.41) is 2.83. The average Bonchev–Trinajstić information content (AvgIpc) is 2.55. The summed E-state index contributed by atoms with van der Waals surface area (Å²) in [4.78, 5) is 22.2. The number of ether oxygens (including phenoxy) is 1. The highest BCUT2D eigenvalue weighted by Crippen LogP contribution is 2.34. The van der Waals surface area contributed by atoms with Crippen LogP contribution in [0.3, 0.4) is 0 Å². The van der Waals surface area contributed by atoms with Gasteiger partial charge >= 0.3 is 5.97 Å². The quantitative estimate of drug-likeness (QED) is 0.784. The van der Waals surface area contributed by atoms with Gasteiger partial charge in [-0.15, -0.1) is 0 Å². The van der Waals surface area contributed by atoms with Crippen LogP contribution in [0.25, 0.3) is 0 Å². The van der Waals surface area contributed by atoms with E-state index in [0.29, 0.717) is 6.42 Å². The molecule has 1 aliphatic carbocycles. The highest BCUT2D eigenvalue weighted by atomic mass is 16.5. The predicted octanol–water partition coefficient (Wildman–Crippen LogP) is 1.35. The van der Waals surface area contributed by atoms with Crippen molar-refractivity contribution < 1.29 is 14.3 Å². The standard InChI is InChI=1S/C13H15NO3/c1-8(15)14-12-7-10-5-3-4-6-11(10)13(12)17-9(2)16/h3-6,12-13H,7H2,1-2H3,(H,14,15)/t12-,13+/m0/s1. The third-order valence-corrected chi connectivity index (χ3v) is 2.85. The van der Waals surface area contributed by atoms with E-state index < -0.39 is 0 Å². The molecule has 0 saturated heterocycles. The maximum absolute atomic E-state index is 11.1. The number of rotatable bonds is 2. The molecule has 0 aromatic heterocycles. The van der Waals surface area contributed by atoms with Crippen LogP contribution >= 0.6 is 0 Å². The second-order valence-electron chi connectivity index (χ2n) is 4.24. The Morgan fingerprint density at radius 2 is 2.00 bits per heavy atom. The van der Waals surface area contributed by atoms with Gasteiger partial charge in [-0.3, -0.25) is 9.59 Å². The number of carbonyl (C=O) groups is 2. The first kappa shape index (κ1) is 11.6. The highest BCUT2D eigenvalue weighted by Gasteiger charge is 2.34. The second kappa shape index (κ2) is 4.57. The SMILES string of the molecule is CC(=O)N[C@H]1Cc2ccccc2[C@H]1OC(C)=O. The zero-order valence-corrected chi connectivity index (χ0v) is 9.90. The van der Waals surface area contributed by atoms with Crippen LogP contribution in [0.1, 0.15) is 31.1 Å². The van der Waals surface area contributed by atoms with E-state index in [1.807, 2.05) is 24.3 Å². The monoisotopic (exact) mass is 233 g/mol. The molecule has 1 N–H and O–H groups in total. The fourth-order valence-electron chi connectivity index (χ4n) is 2.27. The van der Waals surface area contributed by atoms with E-state index in [0.717, 1.165) is 11.1 Å². The van der Waals surface area contributed by atoms with Crippen molar-refractivity contribution in [2.45, 2.75) is 32.4 Å². The molecule has 0 unspecified atom stereocenters. The van der Waals surface area contributed by atoms with Gasteiger partial charge in [0.05, 0.1) is 6.04 Å². The van der Waals surface area contributed by atoms with Gasteiger partial charge in [-0.25, -0.2) is 0 Å². The van der Waals surface area contributed by atoms with Crippen molar-refractivity contribution >= 4 is 11.9 Å². The van der Waals surface area contributed by atoms with Crippen LogP contribution in [0.2, 0.25) is 0 Å². The number of hydrogen-bond acceptors (Lipinski definition) is 3. The van der Waals surface area contributed by atoms with Gasteiger partial charge in [-0.05, 0) is 17.5 Å². The van der Waals surface area contributed by atoms with Crippen LogP contribution in [-0.2, 0) is 20.7 Å². The zero-order valence-electron chi connectivity index (χ0n) is 9.90. The lowest BCUT2D eigenvalue weighted by atomic mass is 10.1. The summed E-state index contributed by atoms with van der Waals surface area (Å²) in [6, 6.07) is 7.62. The second-order valence-corrected chi connectivity index (χ2v) is 4.24. The summed E-state index contributed by atoms with van der Waals surface area (Å²) in [5.41, 5.74) is 2.11. The van der Waals surface area contributed by atoms with Crippen molar-refractivity contribution in [3.05, 3.63) is 35.4 Å². The Labute approximate surface area is 100.0 Å². The minimum Gasteiger partial charge on any atom is -0.455 e. The smallest absolute Gasteiger partial charge is 0.303 e. The van der Waals surface area contributed by atoms with Crippen LogP contribution < -0.4 is 5.32 Å². The van der Waals surface area contributed by atoms with Crippen molar-refractivity contribution in [3.63, 3.8) is 0 Å². The summed E-state index contributed by atoms with van der Waals surface area (Å²) in [6.07, 6.45) is 0.334. The molecule has 1 aliphatic rings. The molecular formula is C13H15NO3. The van der Waals surface area contributed by atoms with Crippen molar-refractivity contribution in [2.75, 3.05) is 0 Å². The lowest BCUT2D eigenvalue weighted by Gasteiger charge is -2.20. The van der Waals surface area contributed by atoms with Gasteiger partial charge in [0.1, 0.15) is 6.10 Å². The van der Waals surface area contributed by atoms with E-state index in [4.69, 9.17) is 4.74 Å². The molecule has 0 aliphatic heterocycles. The first-order valence-electron chi connectivity index (χ1n) is 5.60. The molecule has 90 valence electrons. The minimum absolute atomic E-state index is 0.111. The van der Waals surface area contributed by atoms with Crippen molar-refractivity contribution in [3.8, 4) is 0 Å². The Bertz CT molecular complexity index is 456. The van der Waals surface area contributed by atoms with Gasteiger partial charge in [0, 0.05) is 13.8 Å². The van der Waals surface area contributed by atoms with Crippen molar-refractivity contribution in [1.82, 2.24) is 5.32 Å². The molecule has 4 heteroatoms. The van der Waals surface area contributed by atoms with E-state index in [9.17, 15) is 9.59 Å². The number of hydrogen-bond donors (Lipinski definition) is 1. The van der Waals surface area contributed by atoms with Gasteiger partial charge < -0.3 is 10.1 Å². The summed E-state index contributed by atoms with van der Waals surface area (Å²) in [6.45, 7) is 2.85. The highest BCUT2D eigenvalue weighted by molar-refractivity contribution is 5.74. The molecule has 0 fully saturated rings. The molecule has 0 radical (unpaired) electrons. The molecule has 0 heterocycles. The topological polar surface area (TPSA) is 55.4 Å². The molecular weight excluding hydrogens is 218 g/mol. The number of carbonyl (C=O) groups excluding carboxylic acids is 2. The van der Waals surface area contributed by atoms with E-state index in [1.165, 1.54) is 13.8 Å². The van der Waals surface area contributed by atoms with Crippen LogP contribution in [0, 0.1) is 0 Å². The molecule has 4 nitrogen and oxygen atoms in total. The number of nitrogens with one attached hydrogen (secondary N) is 1. The molecule has 0 spiro atoms. The van der Waals surface area contributed by atoms with Gasteiger partial charge in [-0.2, -0.15) is 0 Å². The Morgan fingerprint density at radius 3 is 2.65 bits per heavy atom. The Hall–Kier alpha value is -1.84.